The number of benzene rings is 1. The maximum absolute atomic E-state index is 10.9. The predicted molar refractivity (Wildman–Crippen MR) is 77.0 cm³/mol. The molecule has 0 fully saturated rings. The van der Waals surface area contributed by atoms with Gasteiger partial charge in [0.2, 0.25) is 0 Å². The highest BCUT2D eigenvalue weighted by Gasteiger charge is 2.13. The minimum absolute atomic E-state index is 0.0942. The van der Waals surface area contributed by atoms with Gasteiger partial charge in [0.15, 0.2) is 0 Å². The smallest absolute Gasteiger partial charge is 0.273 e. The Balaban J connectivity index is 2.94. The van der Waals surface area contributed by atoms with E-state index in [1.54, 1.807) is 13.1 Å². The van der Waals surface area contributed by atoms with Gasteiger partial charge in [-0.25, -0.2) is 0 Å². The van der Waals surface area contributed by atoms with E-state index in [-0.39, 0.29) is 10.6 Å². The number of likely N-dealkylation sites (N-methyl/N-ethyl adjacent to an activating group) is 1. The first-order valence-corrected chi connectivity index (χ1v) is 6.42. The number of hydrogen-bond acceptors (Lipinski definition) is 5. The van der Waals surface area contributed by atoms with Crippen LogP contribution in [0.25, 0.3) is 0 Å². The Kier molecular flexibility index (Phi) is 6.08. The van der Waals surface area contributed by atoms with Crippen molar-refractivity contribution in [1.82, 2.24) is 0 Å². The van der Waals surface area contributed by atoms with Gasteiger partial charge in [-0.2, -0.15) is 0 Å². The molecule has 0 aliphatic carbocycles. The molecule has 19 heavy (non-hydrogen) atoms. The zero-order chi connectivity index (χ0) is 14.3. The lowest BCUT2D eigenvalue weighted by Crippen LogP contribution is -2.27. The molecule has 0 aromatic heterocycles. The molecule has 0 spiro atoms. The lowest BCUT2D eigenvalue weighted by atomic mass is 10.2. The van der Waals surface area contributed by atoms with Crippen molar-refractivity contribution in [3.05, 3.63) is 28.3 Å². The van der Waals surface area contributed by atoms with Gasteiger partial charge in [-0.15, -0.1) is 0 Å². The minimum Gasteiger partial charge on any atom is -0.388 e. The summed E-state index contributed by atoms with van der Waals surface area (Å²) in [5.74, 6) is 0. The van der Waals surface area contributed by atoms with Crippen molar-refractivity contribution in [2.24, 2.45) is 0 Å². The minimum atomic E-state index is -0.374. The number of anilines is 2. The van der Waals surface area contributed by atoms with Crippen LogP contribution in [-0.4, -0.2) is 38.3 Å². The van der Waals surface area contributed by atoms with Crippen LogP contribution in [0.15, 0.2) is 18.2 Å². The van der Waals surface area contributed by atoms with E-state index in [0.717, 1.165) is 17.9 Å². The van der Waals surface area contributed by atoms with Crippen LogP contribution in [0.5, 0.6) is 0 Å². The molecule has 1 rings (SSSR count). The first kappa shape index (κ1) is 15.2. The van der Waals surface area contributed by atoms with Gasteiger partial charge in [0.05, 0.1) is 11.5 Å². The SMILES string of the molecule is CCOCCN(CC)c1cc(NC)cc([N+](=O)[O-])c1. The molecular weight excluding hydrogens is 246 g/mol. The number of nitro benzene ring substituents is 1. The maximum Gasteiger partial charge on any atom is 0.273 e. The third-order valence-corrected chi connectivity index (χ3v) is 2.86. The quantitative estimate of drug-likeness (QED) is 0.445. The van der Waals surface area contributed by atoms with Gasteiger partial charge in [-0.3, -0.25) is 10.1 Å². The van der Waals surface area contributed by atoms with Gasteiger partial charge < -0.3 is 15.0 Å². The fourth-order valence-corrected chi connectivity index (χ4v) is 1.82. The number of ether oxygens (including phenoxy) is 1. The molecule has 6 heteroatoms. The Hall–Kier alpha value is -1.82. The van der Waals surface area contributed by atoms with E-state index < -0.39 is 0 Å². The number of nitro groups is 1. The summed E-state index contributed by atoms with van der Waals surface area (Å²) in [6, 6.07) is 5.03. The summed E-state index contributed by atoms with van der Waals surface area (Å²) in [5.41, 5.74) is 1.66. The lowest BCUT2D eigenvalue weighted by Gasteiger charge is -2.23. The molecule has 1 aromatic rings. The van der Waals surface area contributed by atoms with Gasteiger partial charge in [0, 0.05) is 50.3 Å². The largest absolute Gasteiger partial charge is 0.388 e. The highest BCUT2D eigenvalue weighted by molar-refractivity contribution is 5.64. The van der Waals surface area contributed by atoms with E-state index in [1.807, 2.05) is 19.9 Å². The summed E-state index contributed by atoms with van der Waals surface area (Å²) < 4.78 is 5.33. The fraction of sp³-hybridized carbons (Fsp3) is 0.538. The number of nitrogens with zero attached hydrogens (tertiary/aromatic N) is 2. The first-order chi connectivity index (χ1) is 9.12. The molecule has 1 N–H and O–H groups in total. The van der Waals surface area contributed by atoms with Crippen molar-refractivity contribution in [1.29, 1.82) is 0 Å². The summed E-state index contributed by atoms with van der Waals surface area (Å²) in [7, 11) is 1.75. The number of nitrogens with one attached hydrogen (secondary N) is 1. The van der Waals surface area contributed by atoms with Crippen LogP contribution < -0.4 is 10.2 Å². The van der Waals surface area contributed by atoms with E-state index in [9.17, 15) is 10.1 Å². The Morgan fingerprint density at radius 2 is 2.11 bits per heavy atom. The highest BCUT2D eigenvalue weighted by atomic mass is 16.6. The monoisotopic (exact) mass is 267 g/mol. The lowest BCUT2D eigenvalue weighted by molar-refractivity contribution is -0.384. The van der Waals surface area contributed by atoms with E-state index in [4.69, 9.17) is 4.74 Å². The van der Waals surface area contributed by atoms with Gasteiger partial charge in [-0.05, 0) is 19.9 Å². The van der Waals surface area contributed by atoms with E-state index in [2.05, 4.69) is 10.2 Å². The molecule has 106 valence electrons. The van der Waals surface area contributed by atoms with E-state index >= 15 is 0 Å². The van der Waals surface area contributed by atoms with Gasteiger partial charge in [0.1, 0.15) is 0 Å². The second-order valence-corrected chi connectivity index (χ2v) is 4.02. The Labute approximate surface area is 113 Å². The molecule has 6 nitrogen and oxygen atoms in total. The summed E-state index contributed by atoms with van der Waals surface area (Å²) in [5, 5.41) is 13.9. The molecule has 0 aliphatic rings. The van der Waals surface area contributed by atoms with E-state index in [1.165, 1.54) is 6.07 Å². The average molecular weight is 267 g/mol. The van der Waals surface area contributed by atoms with Crippen LogP contribution in [0.4, 0.5) is 17.1 Å². The van der Waals surface area contributed by atoms with Crippen LogP contribution in [0.3, 0.4) is 0 Å². The van der Waals surface area contributed by atoms with Crippen LogP contribution in [0.2, 0.25) is 0 Å². The van der Waals surface area contributed by atoms with Crippen molar-refractivity contribution in [3.8, 4) is 0 Å². The zero-order valence-corrected chi connectivity index (χ0v) is 11.7. The number of non-ortho nitro benzene ring substituents is 1. The highest BCUT2D eigenvalue weighted by Crippen LogP contribution is 2.26. The third kappa shape index (κ3) is 4.40. The van der Waals surface area contributed by atoms with Gasteiger partial charge in [-0.1, -0.05) is 0 Å². The average Bonchev–Trinajstić information content (AvgIpc) is 2.43. The Morgan fingerprint density at radius 3 is 2.63 bits per heavy atom. The van der Waals surface area contributed by atoms with Gasteiger partial charge in [0.25, 0.3) is 5.69 Å². The van der Waals surface area contributed by atoms with Crippen LogP contribution in [0.1, 0.15) is 13.8 Å². The fourth-order valence-electron chi connectivity index (χ4n) is 1.82. The molecule has 0 unspecified atom stereocenters. The summed E-state index contributed by atoms with van der Waals surface area (Å²) in [6.45, 7) is 6.74. The van der Waals surface area contributed by atoms with Crippen molar-refractivity contribution in [2.75, 3.05) is 43.6 Å². The molecule has 0 saturated carbocycles. The second-order valence-electron chi connectivity index (χ2n) is 4.02. The normalized spacial score (nSPS) is 10.3. The third-order valence-electron chi connectivity index (χ3n) is 2.86. The van der Waals surface area contributed by atoms with Crippen LogP contribution in [0, 0.1) is 10.1 Å². The molecule has 0 atom stereocenters. The molecular formula is C13H21N3O3. The maximum atomic E-state index is 10.9. The molecule has 0 bridgehead atoms. The topological polar surface area (TPSA) is 67.6 Å². The first-order valence-electron chi connectivity index (χ1n) is 6.42. The zero-order valence-electron chi connectivity index (χ0n) is 11.7. The Morgan fingerprint density at radius 1 is 1.37 bits per heavy atom. The van der Waals surface area contributed by atoms with E-state index in [0.29, 0.717) is 19.8 Å². The molecule has 1 aromatic carbocycles. The van der Waals surface area contributed by atoms with Crippen molar-refractivity contribution in [2.45, 2.75) is 13.8 Å². The number of rotatable bonds is 8. The molecule has 0 heterocycles. The number of hydrogen-bond donors (Lipinski definition) is 1. The molecule has 0 aliphatic heterocycles. The summed E-state index contributed by atoms with van der Waals surface area (Å²) in [4.78, 5) is 12.6. The molecule has 0 saturated heterocycles. The molecule has 0 radical (unpaired) electrons. The van der Waals surface area contributed by atoms with Crippen molar-refractivity contribution >= 4 is 17.1 Å². The van der Waals surface area contributed by atoms with Crippen molar-refractivity contribution in [3.63, 3.8) is 0 Å². The molecule has 0 amide bonds. The second kappa shape index (κ2) is 7.58. The standard InChI is InChI=1S/C13H21N3O3/c1-4-15(6-7-19-5-2)12-8-11(14-3)9-13(10-12)16(17)18/h8-10,14H,4-7H2,1-3H3. The predicted octanol–water partition coefficient (Wildman–Crippen LogP) is 2.50. The summed E-state index contributed by atoms with van der Waals surface area (Å²) in [6.07, 6.45) is 0. The Bertz CT molecular complexity index is 424. The van der Waals surface area contributed by atoms with Crippen LogP contribution >= 0.6 is 0 Å². The van der Waals surface area contributed by atoms with Crippen molar-refractivity contribution < 1.29 is 9.66 Å². The summed E-state index contributed by atoms with van der Waals surface area (Å²) >= 11 is 0. The van der Waals surface area contributed by atoms with Gasteiger partial charge >= 0.3 is 0 Å². The van der Waals surface area contributed by atoms with Crippen LogP contribution in [-0.2, 0) is 4.74 Å².